The zero-order chi connectivity index (χ0) is 16.6. The van der Waals surface area contributed by atoms with Crippen LogP contribution < -0.4 is 4.74 Å². The SMILES string of the molecule is OC(c1ccccc1)c1ccccc1OCCCN1CCCCC1. The quantitative estimate of drug-likeness (QED) is 0.780. The molecule has 0 aliphatic carbocycles. The summed E-state index contributed by atoms with van der Waals surface area (Å²) in [5.74, 6) is 0.785. The molecule has 24 heavy (non-hydrogen) atoms. The van der Waals surface area contributed by atoms with Gasteiger partial charge >= 0.3 is 0 Å². The van der Waals surface area contributed by atoms with E-state index in [1.165, 1.54) is 32.4 Å². The van der Waals surface area contributed by atoms with E-state index in [9.17, 15) is 5.11 Å². The van der Waals surface area contributed by atoms with Crippen molar-refractivity contribution >= 4 is 0 Å². The van der Waals surface area contributed by atoms with Gasteiger partial charge in [0.05, 0.1) is 6.61 Å². The molecule has 0 radical (unpaired) electrons. The summed E-state index contributed by atoms with van der Waals surface area (Å²) in [7, 11) is 0. The largest absolute Gasteiger partial charge is 0.493 e. The zero-order valence-corrected chi connectivity index (χ0v) is 14.2. The first-order valence-electron chi connectivity index (χ1n) is 9.02. The number of aliphatic hydroxyl groups is 1. The standard InChI is InChI=1S/C21H27NO2/c23-21(18-10-3-1-4-11-18)19-12-5-6-13-20(19)24-17-9-16-22-14-7-2-8-15-22/h1,3-6,10-13,21,23H,2,7-9,14-17H2. The molecule has 3 rings (SSSR count). The van der Waals surface area contributed by atoms with Crippen LogP contribution in [0.15, 0.2) is 54.6 Å². The van der Waals surface area contributed by atoms with Gasteiger partial charge in [-0.05, 0) is 44.0 Å². The molecule has 1 heterocycles. The number of benzene rings is 2. The predicted octanol–water partition coefficient (Wildman–Crippen LogP) is 4.02. The lowest BCUT2D eigenvalue weighted by atomic mass is 10.0. The Labute approximate surface area is 144 Å². The third kappa shape index (κ3) is 4.59. The van der Waals surface area contributed by atoms with Crippen LogP contribution >= 0.6 is 0 Å². The van der Waals surface area contributed by atoms with Gasteiger partial charge in [0.15, 0.2) is 0 Å². The second-order valence-corrected chi connectivity index (χ2v) is 6.46. The van der Waals surface area contributed by atoms with Crippen LogP contribution in [0.3, 0.4) is 0 Å². The number of nitrogens with zero attached hydrogens (tertiary/aromatic N) is 1. The van der Waals surface area contributed by atoms with Crippen molar-refractivity contribution in [3.8, 4) is 5.75 Å². The second-order valence-electron chi connectivity index (χ2n) is 6.46. The van der Waals surface area contributed by atoms with E-state index in [0.717, 1.165) is 29.8 Å². The number of ether oxygens (including phenoxy) is 1. The molecular formula is C21H27NO2. The molecule has 3 nitrogen and oxygen atoms in total. The summed E-state index contributed by atoms with van der Waals surface area (Å²) in [6.07, 6.45) is 4.40. The van der Waals surface area contributed by atoms with Crippen LogP contribution in [0.5, 0.6) is 5.75 Å². The van der Waals surface area contributed by atoms with Gasteiger partial charge in [-0.1, -0.05) is 55.0 Å². The van der Waals surface area contributed by atoms with Gasteiger partial charge in [-0.25, -0.2) is 0 Å². The minimum Gasteiger partial charge on any atom is -0.493 e. The fraction of sp³-hybridized carbons (Fsp3) is 0.429. The van der Waals surface area contributed by atoms with Crippen molar-refractivity contribution in [1.29, 1.82) is 0 Å². The van der Waals surface area contributed by atoms with Gasteiger partial charge in [0.2, 0.25) is 0 Å². The number of piperidine rings is 1. The molecule has 1 aliphatic heterocycles. The predicted molar refractivity (Wildman–Crippen MR) is 97.3 cm³/mol. The van der Waals surface area contributed by atoms with Gasteiger partial charge in [-0.3, -0.25) is 0 Å². The fourth-order valence-electron chi connectivity index (χ4n) is 3.31. The molecule has 0 aromatic heterocycles. The van der Waals surface area contributed by atoms with Gasteiger partial charge in [-0.2, -0.15) is 0 Å². The lowest BCUT2D eigenvalue weighted by molar-refractivity contribution is 0.195. The molecule has 0 bridgehead atoms. The Kier molecular flexibility index (Phi) is 6.27. The number of aliphatic hydroxyl groups excluding tert-OH is 1. The minimum absolute atomic E-state index is 0.649. The van der Waals surface area contributed by atoms with E-state index in [0.29, 0.717) is 6.61 Å². The molecule has 1 fully saturated rings. The number of likely N-dealkylation sites (tertiary alicyclic amines) is 1. The van der Waals surface area contributed by atoms with Crippen molar-refractivity contribution in [2.45, 2.75) is 31.8 Å². The van der Waals surface area contributed by atoms with Crippen LogP contribution in [0.1, 0.15) is 42.9 Å². The van der Waals surface area contributed by atoms with Crippen LogP contribution in [0.2, 0.25) is 0 Å². The smallest absolute Gasteiger partial charge is 0.125 e. The molecule has 0 spiro atoms. The van der Waals surface area contributed by atoms with Crippen LogP contribution in [-0.2, 0) is 0 Å². The van der Waals surface area contributed by atoms with E-state index in [2.05, 4.69) is 4.90 Å². The highest BCUT2D eigenvalue weighted by Crippen LogP contribution is 2.29. The monoisotopic (exact) mass is 325 g/mol. The van der Waals surface area contributed by atoms with Crippen LogP contribution in [0, 0.1) is 0 Å². The van der Waals surface area contributed by atoms with E-state index in [1.807, 2.05) is 54.6 Å². The average Bonchev–Trinajstić information content (AvgIpc) is 2.66. The highest BCUT2D eigenvalue weighted by Gasteiger charge is 2.15. The third-order valence-electron chi connectivity index (χ3n) is 4.65. The Hall–Kier alpha value is -1.84. The summed E-state index contributed by atoms with van der Waals surface area (Å²) in [6, 6.07) is 17.5. The molecule has 1 saturated heterocycles. The summed E-state index contributed by atoms with van der Waals surface area (Å²) in [5, 5.41) is 10.6. The van der Waals surface area contributed by atoms with E-state index in [1.54, 1.807) is 0 Å². The van der Waals surface area contributed by atoms with Crippen molar-refractivity contribution in [2.75, 3.05) is 26.2 Å². The molecule has 0 saturated carbocycles. The van der Waals surface area contributed by atoms with Crippen LogP contribution in [0.25, 0.3) is 0 Å². The van der Waals surface area contributed by atoms with Crippen molar-refractivity contribution in [3.63, 3.8) is 0 Å². The number of rotatable bonds is 7. The molecule has 0 amide bonds. The molecule has 1 unspecified atom stereocenters. The zero-order valence-electron chi connectivity index (χ0n) is 14.2. The van der Waals surface area contributed by atoms with Crippen molar-refractivity contribution in [3.05, 3.63) is 65.7 Å². The Balaban J connectivity index is 1.56. The topological polar surface area (TPSA) is 32.7 Å². The Morgan fingerprint density at radius 2 is 1.62 bits per heavy atom. The number of para-hydroxylation sites is 1. The van der Waals surface area contributed by atoms with Gasteiger partial charge in [0.25, 0.3) is 0 Å². The highest BCUT2D eigenvalue weighted by atomic mass is 16.5. The van der Waals surface area contributed by atoms with Gasteiger partial charge < -0.3 is 14.7 Å². The first-order valence-corrected chi connectivity index (χ1v) is 9.02. The summed E-state index contributed by atoms with van der Waals surface area (Å²) < 4.78 is 5.98. The van der Waals surface area contributed by atoms with E-state index >= 15 is 0 Å². The maximum absolute atomic E-state index is 10.6. The van der Waals surface area contributed by atoms with E-state index < -0.39 is 6.10 Å². The van der Waals surface area contributed by atoms with Crippen molar-refractivity contribution < 1.29 is 9.84 Å². The molecule has 2 aromatic carbocycles. The van der Waals surface area contributed by atoms with Crippen LogP contribution in [0.4, 0.5) is 0 Å². The fourth-order valence-corrected chi connectivity index (χ4v) is 3.31. The van der Waals surface area contributed by atoms with E-state index in [4.69, 9.17) is 4.74 Å². The van der Waals surface area contributed by atoms with Gasteiger partial charge in [-0.15, -0.1) is 0 Å². The minimum atomic E-state index is -0.649. The van der Waals surface area contributed by atoms with Gasteiger partial charge in [0.1, 0.15) is 11.9 Å². The summed E-state index contributed by atoms with van der Waals surface area (Å²) in [4.78, 5) is 2.53. The average molecular weight is 325 g/mol. The molecule has 2 aromatic rings. The summed E-state index contributed by atoms with van der Waals surface area (Å²) in [5.41, 5.74) is 1.73. The summed E-state index contributed by atoms with van der Waals surface area (Å²) >= 11 is 0. The first kappa shape index (κ1) is 17.0. The lowest BCUT2D eigenvalue weighted by Crippen LogP contribution is -2.31. The molecular weight excluding hydrogens is 298 g/mol. The normalized spacial score (nSPS) is 16.7. The molecule has 1 N–H and O–H groups in total. The Bertz CT molecular complexity index is 608. The van der Waals surface area contributed by atoms with Crippen molar-refractivity contribution in [1.82, 2.24) is 4.90 Å². The maximum Gasteiger partial charge on any atom is 0.125 e. The number of hydrogen-bond donors (Lipinski definition) is 1. The first-order chi connectivity index (χ1) is 11.8. The molecule has 128 valence electrons. The molecule has 1 aliphatic rings. The van der Waals surface area contributed by atoms with E-state index in [-0.39, 0.29) is 0 Å². The Morgan fingerprint density at radius 1 is 0.917 bits per heavy atom. The second kappa shape index (κ2) is 8.86. The van der Waals surface area contributed by atoms with Gasteiger partial charge in [0, 0.05) is 12.1 Å². The number of hydrogen-bond acceptors (Lipinski definition) is 3. The lowest BCUT2D eigenvalue weighted by Gasteiger charge is -2.26. The Morgan fingerprint density at radius 3 is 2.42 bits per heavy atom. The highest BCUT2D eigenvalue weighted by molar-refractivity contribution is 5.40. The maximum atomic E-state index is 10.6. The van der Waals surface area contributed by atoms with Crippen LogP contribution in [-0.4, -0.2) is 36.2 Å². The van der Waals surface area contributed by atoms with Crippen molar-refractivity contribution in [2.24, 2.45) is 0 Å². The summed E-state index contributed by atoms with van der Waals surface area (Å²) in [6.45, 7) is 4.24. The molecule has 3 heteroatoms. The third-order valence-corrected chi connectivity index (χ3v) is 4.65. The molecule has 1 atom stereocenters.